The van der Waals surface area contributed by atoms with E-state index in [-0.39, 0.29) is 23.2 Å². The van der Waals surface area contributed by atoms with Crippen molar-refractivity contribution in [1.82, 2.24) is 9.62 Å². The largest absolute Gasteiger partial charge is 0.495 e. The number of benzene rings is 3. The molecule has 1 aliphatic rings. The Morgan fingerprint density at radius 1 is 1.00 bits per heavy atom. The van der Waals surface area contributed by atoms with Gasteiger partial charge in [-0.05, 0) is 59.8 Å². The number of sulfonamides is 1. The highest BCUT2D eigenvalue weighted by molar-refractivity contribution is 7.89. The Hall–Kier alpha value is -3.47. The number of ether oxygens (including phenoxy) is 1. The van der Waals surface area contributed by atoms with Gasteiger partial charge in [0.1, 0.15) is 11.6 Å². The number of rotatable bonds is 8. The first-order valence-corrected chi connectivity index (χ1v) is 14.6. The molecule has 0 spiro atoms. The van der Waals surface area contributed by atoms with E-state index in [4.69, 9.17) is 4.74 Å². The summed E-state index contributed by atoms with van der Waals surface area (Å²) in [4.78, 5) is 17.9. The van der Waals surface area contributed by atoms with Gasteiger partial charge in [0.2, 0.25) is 10.0 Å². The van der Waals surface area contributed by atoms with Crippen LogP contribution in [0, 0.1) is 5.82 Å². The van der Waals surface area contributed by atoms with Crippen molar-refractivity contribution < 1.29 is 22.3 Å². The Bertz CT molecular complexity index is 1510. The first kappa shape index (κ1) is 26.1. The molecule has 0 radical (unpaired) electrons. The molecule has 10 heteroatoms. The topological polar surface area (TPSA) is 79.0 Å². The fourth-order valence-corrected chi connectivity index (χ4v) is 6.62. The number of halogens is 1. The fourth-order valence-electron chi connectivity index (χ4n) is 4.54. The number of hydrogen-bond donors (Lipinski definition) is 1. The third-order valence-electron chi connectivity index (χ3n) is 6.62. The molecule has 0 bridgehead atoms. The zero-order chi connectivity index (χ0) is 26.7. The highest BCUT2D eigenvalue weighted by Gasteiger charge is 2.26. The SMILES string of the molecule is COc1ccc(S(=O)(=O)NCCc2ccc(F)cc2)cc1N1CCN(C(=O)c2cc3ccccc3s2)CC1. The first-order chi connectivity index (χ1) is 18.3. The number of anilines is 1. The highest BCUT2D eigenvalue weighted by Crippen LogP contribution is 2.32. The Morgan fingerprint density at radius 2 is 1.74 bits per heavy atom. The molecule has 7 nitrogen and oxygen atoms in total. The first-order valence-electron chi connectivity index (χ1n) is 12.3. The zero-order valence-electron chi connectivity index (χ0n) is 20.9. The Morgan fingerprint density at radius 3 is 2.45 bits per heavy atom. The molecular formula is C28H28FN3O4S2. The van der Waals surface area contributed by atoms with Crippen LogP contribution in [0.25, 0.3) is 10.1 Å². The van der Waals surface area contributed by atoms with Gasteiger partial charge in [-0.1, -0.05) is 30.3 Å². The number of methoxy groups -OCH3 is 1. The van der Waals surface area contributed by atoms with Crippen molar-refractivity contribution in [3.05, 3.63) is 89.1 Å². The second-order valence-electron chi connectivity index (χ2n) is 9.04. The molecule has 1 saturated heterocycles. The standard InChI is InChI=1S/C28H28FN3O4S2/c1-36-25-11-10-23(38(34,35)30-13-12-20-6-8-22(29)9-7-20)19-24(25)31-14-16-32(17-15-31)28(33)27-18-21-4-2-3-5-26(21)37-27/h2-11,18-19,30H,12-17H2,1H3. The van der Waals surface area contributed by atoms with Gasteiger partial charge in [-0.3, -0.25) is 4.79 Å². The number of nitrogens with one attached hydrogen (secondary N) is 1. The van der Waals surface area contributed by atoms with E-state index in [1.165, 1.54) is 29.5 Å². The quantitative estimate of drug-likeness (QED) is 0.347. The van der Waals surface area contributed by atoms with Gasteiger partial charge in [-0.2, -0.15) is 0 Å². The molecule has 5 rings (SSSR count). The van der Waals surface area contributed by atoms with Crippen molar-refractivity contribution in [2.24, 2.45) is 0 Å². The van der Waals surface area contributed by atoms with Crippen molar-refractivity contribution >= 4 is 43.0 Å². The molecule has 4 aromatic rings. The molecule has 1 fully saturated rings. The minimum atomic E-state index is -3.77. The summed E-state index contributed by atoms with van der Waals surface area (Å²) < 4.78 is 48.3. The van der Waals surface area contributed by atoms with Crippen molar-refractivity contribution in [2.75, 3.05) is 44.7 Å². The van der Waals surface area contributed by atoms with E-state index in [0.717, 1.165) is 20.5 Å². The van der Waals surface area contributed by atoms with Gasteiger partial charge < -0.3 is 14.5 Å². The van der Waals surface area contributed by atoms with Crippen LogP contribution in [0.5, 0.6) is 5.75 Å². The van der Waals surface area contributed by atoms with Crippen LogP contribution in [0.1, 0.15) is 15.2 Å². The maximum absolute atomic E-state index is 13.1. The monoisotopic (exact) mass is 553 g/mol. The second kappa shape index (κ2) is 11.1. The van der Waals surface area contributed by atoms with Crippen LogP contribution < -0.4 is 14.4 Å². The van der Waals surface area contributed by atoms with Gasteiger partial charge in [0.05, 0.1) is 22.6 Å². The highest BCUT2D eigenvalue weighted by atomic mass is 32.2. The molecule has 0 aliphatic carbocycles. The normalized spacial score (nSPS) is 14.2. The average Bonchev–Trinajstić information content (AvgIpc) is 3.38. The summed E-state index contributed by atoms with van der Waals surface area (Å²) in [5.74, 6) is 0.254. The molecule has 1 aromatic heterocycles. The minimum Gasteiger partial charge on any atom is -0.495 e. The fraction of sp³-hybridized carbons (Fsp3) is 0.250. The molecular weight excluding hydrogens is 525 g/mol. The van der Waals surface area contributed by atoms with Crippen molar-refractivity contribution in [2.45, 2.75) is 11.3 Å². The molecule has 0 saturated carbocycles. The lowest BCUT2D eigenvalue weighted by Gasteiger charge is -2.36. The van der Waals surface area contributed by atoms with Gasteiger partial charge in [-0.15, -0.1) is 11.3 Å². The van der Waals surface area contributed by atoms with Crippen molar-refractivity contribution in [3.8, 4) is 5.75 Å². The Labute approximate surface area is 225 Å². The lowest BCUT2D eigenvalue weighted by Crippen LogP contribution is -2.48. The van der Waals surface area contributed by atoms with Crippen LogP contribution in [0.4, 0.5) is 10.1 Å². The van der Waals surface area contributed by atoms with Crippen LogP contribution in [0.2, 0.25) is 0 Å². The molecule has 1 amide bonds. The summed E-state index contributed by atoms with van der Waals surface area (Å²) in [6.07, 6.45) is 0.443. The van der Waals surface area contributed by atoms with Crippen molar-refractivity contribution in [3.63, 3.8) is 0 Å². The number of carbonyl (C=O) groups is 1. The van der Waals surface area contributed by atoms with E-state index in [1.54, 1.807) is 31.4 Å². The maximum Gasteiger partial charge on any atom is 0.264 e. The number of thiophene rings is 1. The summed E-state index contributed by atoms with van der Waals surface area (Å²) in [7, 11) is -2.22. The molecule has 0 atom stereocenters. The number of nitrogens with zero attached hydrogens (tertiary/aromatic N) is 2. The lowest BCUT2D eigenvalue weighted by atomic mass is 10.1. The van der Waals surface area contributed by atoms with Gasteiger partial charge in [0, 0.05) is 37.4 Å². The van der Waals surface area contributed by atoms with E-state index in [2.05, 4.69) is 4.72 Å². The summed E-state index contributed by atoms with van der Waals surface area (Å²) in [6, 6.07) is 20.7. The summed E-state index contributed by atoms with van der Waals surface area (Å²) in [5, 5.41) is 1.06. The predicted octanol–water partition coefficient (Wildman–Crippen LogP) is 4.53. The second-order valence-corrected chi connectivity index (χ2v) is 11.9. The van der Waals surface area contributed by atoms with E-state index in [9.17, 15) is 17.6 Å². The van der Waals surface area contributed by atoms with E-state index in [0.29, 0.717) is 44.0 Å². The molecule has 198 valence electrons. The molecule has 3 aromatic carbocycles. The van der Waals surface area contributed by atoms with Crippen LogP contribution in [-0.4, -0.2) is 59.1 Å². The smallest absolute Gasteiger partial charge is 0.264 e. The van der Waals surface area contributed by atoms with Gasteiger partial charge in [0.15, 0.2) is 0 Å². The van der Waals surface area contributed by atoms with E-state index < -0.39 is 10.0 Å². The molecule has 1 N–H and O–H groups in total. The lowest BCUT2D eigenvalue weighted by molar-refractivity contribution is 0.0751. The van der Waals surface area contributed by atoms with Crippen LogP contribution in [0.15, 0.2) is 77.7 Å². The summed E-state index contributed by atoms with van der Waals surface area (Å²) >= 11 is 1.50. The number of fused-ring (bicyclic) bond motifs is 1. The summed E-state index contributed by atoms with van der Waals surface area (Å²) in [6.45, 7) is 2.32. The Balaban J connectivity index is 1.25. The number of amides is 1. The van der Waals surface area contributed by atoms with E-state index in [1.807, 2.05) is 40.1 Å². The van der Waals surface area contributed by atoms with Crippen LogP contribution in [-0.2, 0) is 16.4 Å². The maximum atomic E-state index is 13.1. The molecule has 0 unspecified atom stereocenters. The molecule has 1 aliphatic heterocycles. The Kier molecular flexibility index (Phi) is 7.64. The van der Waals surface area contributed by atoms with E-state index >= 15 is 0 Å². The van der Waals surface area contributed by atoms with Gasteiger partial charge >= 0.3 is 0 Å². The average molecular weight is 554 g/mol. The number of hydrogen-bond acceptors (Lipinski definition) is 6. The number of piperazine rings is 1. The number of carbonyl (C=O) groups excluding carboxylic acids is 1. The van der Waals surface area contributed by atoms with Gasteiger partial charge in [0.25, 0.3) is 5.91 Å². The zero-order valence-corrected chi connectivity index (χ0v) is 22.5. The van der Waals surface area contributed by atoms with Crippen LogP contribution >= 0.6 is 11.3 Å². The molecule has 38 heavy (non-hydrogen) atoms. The third kappa shape index (κ3) is 5.67. The minimum absolute atomic E-state index is 0.0134. The van der Waals surface area contributed by atoms with Gasteiger partial charge in [-0.25, -0.2) is 17.5 Å². The van der Waals surface area contributed by atoms with Crippen molar-refractivity contribution in [1.29, 1.82) is 0 Å². The summed E-state index contributed by atoms with van der Waals surface area (Å²) in [5.41, 5.74) is 1.51. The predicted molar refractivity (Wildman–Crippen MR) is 148 cm³/mol. The third-order valence-corrected chi connectivity index (χ3v) is 9.19. The van der Waals surface area contributed by atoms with Crippen LogP contribution in [0.3, 0.4) is 0 Å². The molecule has 2 heterocycles.